The summed E-state index contributed by atoms with van der Waals surface area (Å²) in [7, 11) is 0. The van der Waals surface area contributed by atoms with Crippen molar-refractivity contribution in [2.75, 3.05) is 6.54 Å². The minimum absolute atomic E-state index is 0.204. The summed E-state index contributed by atoms with van der Waals surface area (Å²) in [5, 5.41) is 5.43. The molecular formula is C19H18FN3O2. The summed E-state index contributed by atoms with van der Waals surface area (Å²) in [6.45, 7) is 0.660. The Hall–Kier alpha value is -3.15. The molecule has 0 unspecified atom stereocenters. The highest BCUT2D eigenvalue weighted by Gasteiger charge is 2.07. The first kappa shape index (κ1) is 16.7. The van der Waals surface area contributed by atoms with Gasteiger partial charge in [-0.2, -0.15) is 0 Å². The summed E-state index contributed by atoms with van der Waals surface area (Å²) in [4.78, 5) is 15.9. The Balaban J connectivity index is 1.42. The lowest BCUT2D eigenvalue weighted by Crippen LogP contribution is -2.36. The number of hydrogen-bond acceptors (Lipinski definition) is 3. The molecule has 0 spiro atoms. The van der Waals surface area contributed by atoms with Crippen LogP contribution in [0.5, 0.6) is 0 Å². The van der Waals surface area contributed by atoms with Gasteiger partial charge in [-0.3, -0.25) is 0 Å². The third-order valence-electron chi connectivity index (χ3n) is 3.62. The van der Waals surface area contributed by atoms with Crippen LogP contribution in [-0.4, -0.2) is 17.6 Å². The number of nitrogens with zero attached hydrogens (tertiary/aromatic N) is 1. The summed E-state index contributed by atoms with van der Waals surface area (Å²) in [5.41, 5.74) is 1.90. The van der Waals surface area contributed by atoms with Gasteiger partial charge in [0.15, 0.2) is 5.76 Å². The zero-order chi connectivity index (χ0) is 17.5. The fraction of sp³-hybridized carbons (Fsp3) is 0.158. The Morgan fingerprint density at radius 2 is 1.80 bits per heavy atom. The van der Waals surface area contributed by atoms with Crippen molar-refractivity contribution < 1.29 is 13.6 Å². The van der Waals surface area contributed by atoms with E-state index in [2.05, 4.69) is 15.6 Å². The van der Waals surface area contributed by atoms with E-state index in [4.69, 9.17) is 4.42 Å². The lowest BCUT2D eigenvalue weighted by atomic mass is 10.1. The maximum absolute atomic E-state index is 12.8. The number of oxazole rings is 1. The molecule has 0 bridgehead atoms. The molecule has 6 heteroatoms. The van der Waals surface area contributed by atoms with Crippen LogP contribution in [-0.2, 0) is 13.0 Å². The second kappa shape index (κ2) is 8.10. The summed E-state index contributed by atoms with van der Waals surface area (Å²) in [6, 6.07) is 15.5. The average molecular weight is 339 g/mol. The maximum Gasteiger partial charge on any atom is 0.315 e. The number of carbonyl (C=O) groups is 1. The molecule has 5 nitrogen and oxygen atoms in total. The van der Waals surface area contributed by atoms with E-state index in [0.29, 0.717) is 24.6 Å². The zero-order valence-corrected chi connectivity index (χ0v) is 13.5. The highest BCUT2D eigenvalue weighted by atomic mass is 19.1. The number of hydrogen-bond donors (Lipinski definition) is 2. The largest absolute Gasteiger partial charge is 0.439 e. The molecule has 1 aromatic heterocycles. The standard InChI is InChI=1S/C19H18FN3O2/c20-16-8-6-14(7-9-16)10-11-21-19(24)23-13-18-22-12-17(25-18)15-4-2-1-3-5-15/h1-9,12H,10-11,13H2,(H2,21,23,24). The number of amides is 2. The first-order valence-corrected chi connectivity index (χ1v) is 7.97. The van der Waals surface area contributed by atoms with E-state index in [1.807, 2.05) is 30.3 Å². The molecule has 2 N–H and O–H groups in total. The lowest BCUT2D eigenvalue weighted by molar-refractivity contribution is 0.239. The van der Waals surface area contributed by atoms with Crippen molar-refractivity contribution in [3.63, 3.8) is 0 Å². The van der Waals surface area contributed by atoms with Gasteiger partial charge in [0.25, 0.3) is 0 Å². The topological polar surface area (TPSA) is 67.2 Å². The van der Waals surface area contributed by atoms with Crippen LogP contribution in [0.4, 0.5) is 9.18 Å². The maximum atomic E-state index is 12.8. The van der Waals surface area contributed by atoms with Crippen molar-refractivity contribution in [1.29, 1.82) is 0 Å². The van der Waals surface area contributed by atoms with Gasteiger partial charge in [-0.05, 0) is 24.1 Å². The normalized spacial score (nSPS) is 10.4. The molecule has 1 heterocycles. The van der Waals surface area contributed by atoms with Crippen LogP contribution >= 0.6 is 0 Å². The van der Waals surface area contributed by atoms with Crippen molar-refractivity contribution in [2.45, 2.75) is 13.0 Å². The molecule has 0 aliphatic rings. The molecule has 0 saturated carbocycles. The molecule has 0 aliphatic heterocycles. The van der Waals surface area contributed by atoms with E-state index in [-0.39, 0.29) is 18.4 Å². The predicted molar refractivity (Wildman–Crippen MR) is 92.3 cm³/mol. The number of aromatic nitrogens is 1. The minimum Gasteiger partial charge on any atom is -0.439 e. The van der Waals surface area contributed by atoms with Gasteiger partial charge < -0.3 is 15.1 Å². The van der Waals surface area contributed by atoms with Crippen LogP contribution < -0.4 is 10.6 Å². The smallest absolute Gasteiger partial charge is 0.315 e. The highest BCUT2D eigenvalue weighted by Crippen LogP contribution is 2.19. The second-order valence-electron chi connectivity index (χ2n) is 5.47. The fourth-order valence-corrected chi connectivity index (χ4v) is 2.32. The fourth-order valence-electron chi connectivity index (χ4n) is 2.32. The number of rotatable bonds is 6. The molecular weight excluding hydrogens is 321 g/mol. The van der Waals surface area contributed by atoms with Crippen LogP contribution in [0.2, 0.25) is 0 Å². The SMILES string of the molecule is O=C(NCCc1ccc(F)cc1)NCc1ncc(-c2ccccc2)o1. The van der Waals surface area contributed by atoms with E-state index < -0.39 is 0 Å². The van der Waals surface area contributed by atoms with Gasteiger partial charge >= 0.3 is 6.03 Å². The summed E-state index contributed by atoms with van der Waals surface area (Å²) >= 11 is 0. The predicted octanol–water partition coefficient (Wildman–Crippen LogP) is 3.52. The van der Waals surface area contributed by atoms with Gasteiger partial charge in [0.1, 0.15) is 5.82 Å². The Kier molecular flexibility index (Phi) is 5.41. The Morgan fingerprint density at radius 1 is 1.04 bits per heavy atom. The molecule has 0 atom stereocenters. The van der Waals surface area contributed by atoms with Crippen molar-refractivity contribution in [3.05, 3.63) is 78.1 Å². The van der Waals surface area contributed by atoms with E-state index in [9.17, 15) is 9.18 Å². The minimum atomic E-state index is -0.304. The number of benzene rings is 2. The molecule has 0 saturated heterocycles. The van der Waals surface area contributed by atoms with Gasteiger partial charge in [-0.1, -0.05) is 42.5 Å². The Labute approximate surface area is 144 Å². The second-order valence-corrected chi connectivity index (χ2v) is 5.47. The molecule has 128 valence electrons. The Morgan fingerprint density at radius 3 is 2.56 bits per heavy atom. The summed E-state index contributed by atoms with van der Waals surface area (Å²) in [5.74, 6) is 0.830. The highest BCUT2D eigenvalue weighted by molar-refractivity contribution is 5.73. The number of carbonyl (C=O) groups excluding carboxylic acids is 1. The molecule has 3 aromatic rings. The molecule has 0 radical (unpaired) electrons. The molecule has 2 amide bonds. The van der Waals surface area contributed by atoms with Crippen LogP contribution in [0.1, 0.15) is 11.5 Å². The summed E-state index contributed by atoms with van der Waals surface area (Å²) < 4.78 is 18.4. The molecule has 0 fully saturated rings. The first-order valence-electron chi connectivity index (χ1n) is 7.97. The van der Waals surface area contributed by atoms with Gasteiger partial charge in [-0.15, -0.1) is 0 Å². The van der Waals surface area contributed by atoms with Crippen LogP contribution in [0, 0.1) is 5.82 Å². The van der Waals surface area contributed by atoms with E-state index in [1.165, 1.54) is 12.1 Å². The summed E-state index contributed by atoms with van der Waals surface area (Å²) in [6.07, 6.45) is 2.27. The molecule has 2 aromatic carbocycles. The van der Waals surface area contributed by atoms with Gasteiger partial charge in [-0.25, -0.2) is 14.2 Å². The first-order chi connectivity index (χ1) is 12.2. The molecule has 0 aliphatic carbocycles. The third kappa shape index (κ3) is 4.91. The average Bonchev–Trinajstić information content (AvgIpc) is 3.11. The van der Waals surface area contributed by atoms with Crippen LogP contribution in [0.15, 0.2) is 65.2 Å². The van der Waals surface area contributed by atoms with E-state index in [1.54, 1.807) is 18.3 Å². The van der Waals surface area contributed by atoms with Crippen LogP contribution in [0.25, 0.3) is 11.3 Å². The van der Waals surface area contributed by atoms with Gasteiger partial charge in [0.05, 0.1) is 12.7 Å². The number of nitrogens with one attached hydrogen (secondary N) is 2. The number of urea groups is 1. The monoisotopic (exact) mass is 339 g/mol. The van der Waals surface area contributed by atoms with E-state index >= 15 is 0 Å². The van der Waals surface area contributed by atoms with Crippen LogP contribution in [0.3, 0.4) is 0 Å². The third-order valence-corrected chi connectivity index (χ3v) is 3.62. The Bertz CT molecular complexity index is 816. The van der Waals surface area contributed by atoms with Crippen molar-refractivity contribution >= 4 is 6.03 Å². The molecule has 3 rings (SSSR count). The van der Waals surface area contributed by atoms with Crippen molar-refractivity contribution in [3.8, 4) is 11.3 Å². The molecule has 25 heavy (non-hydrogen) atoms. The van der Waals surface area contributed by atoms with Crippen molar-refractivity contribution in [2.24, 2.45) is 0 Å². The van der Waals surface area contributed by atoms with E-state index in [0.717, 1.165) is 11.1 Å². The quantitative estimate of drug-likeness (QED) is 0.722. The van der Waals surface area contributed by atoms with Gasteiger partial charge in [0.2, 0.25) is 5.89 Å². The number of halogens is 1. The zero-order valence-electron chi connectivity index (χ0n) is 13.5. The van der Waals surface area contributed by atoms with Crippen molar-refractivity contribution in [1.82, 2.24) is 15.6 Å². The lowest BCUT2D eigenvalue weighted by Gasteiger charge is -2.06. The van der Waals surface area contributed by atoms with Gasteiger partial charge in [0, 0.05) is 12.1 Å².